The van der Waals surface area contributed by atoms with Gasteiger partial charge in [-0.2, -0.15) is 0 Å². The highest BCUT2D eigenvalue weighted by atomic mass is 79.9. The number of carbonyl (C=O) groups is 1. The largest absolute Gasteiger partial charge is 0.324 e. The number of H-pyrrole nitrogens is 1. The molecule has 0 aliphatic carbocycles. The maximum absolute atomic E-state index is 12.5. The highest BCUT2D eigenvalue weighted by molar-refractivity contribution is 9.10. The van der Waals surface area contributed by atoms with Gasteiger partial charge < -0.3 is 9.55 Å². The molecule has 0 saturated heterocycles. The molecule has 1 aromatic heterocycles. The van der Waals surface area contributed by atoms with E-state index in [-0.39, 0.29) is 17.9 Å². The van der Waals surface area contributed by atoms with Gasteiger partial charge in [0.25, 0.3) is 0 Å². The molecular formula is C18H16BrN3O. The highest BCUT2D eigenvalue weighted by Gasteiger charge is 2.12. The average molecular weight is 370 g/mol. The van der Waals surface area contributed by atoms with Crippen LogP contribution in [-0.4, -0.2) is 15.3 Å². The fraction of sp³-hybridized carbons (Fsp3) is 0.111. The SMILES string of the molecule is C/C=C/c1cccc2c1[nH]c(=N)n2CC(=O)c1ccc(Br)cc1. The van der Waals surface area contributed by atoms with Crippen molar-refractivity contribution in [2.24, 2.45) is 0 Å². The third-order valence-electron chi connectivity index (χ3n) is 3.69. The van der Waals surface area contributed by atoms with Gasteiger partial charge in [0.2, 0.25) is 5.62 Å². The number of fused-ring (bicyclic) bond motifs is 1. The second-order valence-corrected chi connectivity index (χ2v) is 6.15. The number of Topliss-reactive ketones (excluding diaryl/α,β-unsaturated/α-hetero) is 1. The second-order valence-electron chi connectivity index (χ2n) is 5.23. The summed E-state index contributed by atoms with van der Waals surface area (Å²) in [6.45, 7) is 2.09. The van der Waals surface area contributed by atoms with E-state index in [1.807, 2.05) is 49.4 Å². The molecule has 0 spiro atoms. The van der Waals surface area contributed by atoms with Crippen LogP contribution in [0.25, 0.3) is 17.1 Å². The summed E-state index contributed by atoms with van der Waals surface area (Å²) in [7, 11) is 0. The van der Waals surface area contributed by atoms with Crippen molar-refractivity contribution in [3.8, 4) is 0 Å². The lowest BCUT2D eigenvalue weighted by molar-refractivity contribution is 0.0971. The third-order valence-corrected chi connectivity index (χ3v) is 4.22. The molecule has 0 atom stereocenters. The molecule has 1 heterocycles. The van der Waals surface area contributed by atoms with Crippen LogP contribution in [0.3, 0.4) is 0 Å². The summed E-state index contributed by atoms with van der Waals surface area (Å²) in [5.41, 5.74) is 3.60. The number of aromatic nitrogens is 2. The van der Waals surface area contributed by atoms with Crippen molar-refractivity contribution < 1.29 is 4.79 Å². The topological polar surface area (TPSA) is 61.6 Å². The molecule has 0 fully saturated rings. The van der Waals surface area contributed by atoms with E-state index in [4.69, 9.17) is 5.41 Å². The molecular weight excluding hydrogens is 354 g/mol. The van der Waals surface area contributed by atoms with Crippen LogP contribution in [-0.2, 0) is 6.54 Å². The van der Waals surface area contributed by atoms with Gasteiger partial charge in [0, 0.05) is 10.0 Å². The zero-order valence-corrected chi connectivity index (χ0v) is 14.2. The Kier molecular flexibility index (Phi) is 4.30. The predicted molar refractivity (Wildman–Crippen MR) is 95.3 cm³/mol. The number of aromatic amines is 1. The highest BCUT2D eigenvalue weighted by Crippen LogP contribution is 2.18. The van der Waals surface area contributed by atoms with Crippen molar-refractivity contribution in [3.05, 3.63) is 69.8 Å². The molecule has 3 rings (SSSR count). The van der Waals surface area contributed by atoms with Gasteiger partial charge in [0.1, 0.15) is 0 Å². The smallest absolute Gasteiger partial charge is 0.200 e. The quantitative estimate of drug-likeness (QED) is 0.667. The fourth-order valence-electron chi connectivity index (χ4n) is 2.58. The van der Waals surface area contributed by atoms with Crippen molar-refractivity contribution in [3.63, 3.8) is 0 Å². The summed E-state index contributed by atoms with van der Waals surface area (Å²) < 4.78 is 2.64. The molecule has 5 heteroatoms. The van der Waals surface area contributed by atoms with Crippen LogP contribution in [0, 0.1) is 5.41 Å². The summed E-state index contributed by atoms with van der Waals surface area (Å²) in [6, 6.07) is 13.1. The lowest BCUT2D eigenvalue weighted by Crippen LogP contribution is -2.22. The average Bonchev–Trinajstić information content (AvgIpc) is 2.85. The van der Waals surface area contributed by atoms with Gasteiger partial charge in [-0.25, -0.2) is 0 Å². The van der Waals surface area contributed by atoms with Crippen LogP contribution in [0.4, 0.5) is 0 Å². The molecule has 0 bridgehead atoms. The van der Waals surface area contributed by atoms with Gasteiger partial charge in [-0.3, -0.25) is 10.2 Å². The molecule has 4 nitrogen and oxygen atoms in total. The summed E-state index contributed by atoms with van der Waals surface area (Å²) in [5.74, 6) is -0.0201. The van der Waals surface area contributed by atoms with E-state index in [0.29, 0.717) is 5.56 Å². The summed E-state index contributed by atoms with van der Waals surface area (Å²) in [5, 5.41) is 8.14. The maximum Gasteiger partial charge on any atom is 0.200 e. The van der Waals surface area contributed by atoms with E-state index in [0.717, 1.165) is 21.1 Å². The van der Waals surface area contributed by atoms with Crippen LogP contribution in [0.5, 0.6) is 0 Å². The summed E-state index contributed by atoms with van der Waals surface area (Å²) in [6.07, 6.45) is 3.94. The fourth-order valence-corrected chi connectivity index (χ4v) is 2.84. The van der Waals surface area contributed by atoms with E-state index >= 15 is 0 Å². The Morgan fingerprint density at radius 3 is 2.70 bits per heavy atom. The number of ketones is 1. The minimum atomic E-state index is -0.0201. The Morgan fingerprint density at radius 1 is 1.26 bits per heavy atom. The van der Waals surface area contributed by atoms with Gasteiger partial charge in [0.05, 0.1) is 17.6 Å². The molecule has 2 N–H and O–H groups in total. The molecule has 0 unspecified atom stereocenters. The number of hydrogen-bond donors (Lipinski definition) is 2. The first kappa shape index (κ1) is 15.5. The normalized spacial score (nSPS) is 11.4. The van der Waals surface area contributed by atoms with Crippen molar-refractivity contribution in [2.45, 2.75) is 13.5 Å². The van der Waals surface area contributed by atoms with Crippen molar-refractivity contribution >= 4 is 38.8 Å². The molecule has 3 aromatic rings. The number of para-hydroxylation sites is 1. The lowest BCUT2D eigenvalue weighted by atomic mass is 10.1. The van der Waals surface area contributed by atoms with Crippen molar-refractivity contribution in [1.82, 2.24) is 9.55 Å². The monoisotopic (exact) mass is 369 g/mol. The van der Waals surface area contributed by atoms with Gasteiger partial charge >= 0.3 is 0 Å². The number of hydrogen-bond acceptors (Lipinski definition) is 2. The number of benzene rings is 2. The van der Waals surface area contributed by atoms with Crippen LogP contribution in [0.1, 0.15) is 22.8 Å². The van der Waals surface area contributed by atoms with Crippen LogP contribution in [0.2, 0.25) is 0 Å². The second kappa shape index (κ2) is 6.38. The summed E-state index contributed by atoms with van der Waals surface area (Å²) in [4.78, 5) is 15.5. The third kappa shape index (κ3) is 3.05. The van der Waals surface area contributed by atoms with Gasteiger partial charge in [-0.05, 0) is 30.7 Å². The van der Waals surface area contributed by atoms with Crippen LogP contribution >= 0.6 is 15.9 Å². The number of imidazole rings is 1. The first-order chi connectivity index (χ1) is 11.1. The molecule has 2 aromatic carbocycles. The number of rotatable bonds is 4. The van der Waals surface area contributed by atoms with E-state index < -0.39 is 0 Å². The number of allylic oxidation sites excluding steroid dienone is 1. The van der Waals surface area contributed by atoms with Gasteiger partial charge in [-0.1, -0.05) is 52.3 Å². The van der Waals surface area contributed by atoms with E-state index in [1.54, 1.807) is 16.7 Å². The Morgan fingerprint density at radius 2 is 2.00 bits per heavy atom. The van der Waals surface area contributed by atoms with Gasteiger partial charge in [0.15, 0.2) is 5.78 Å². The van der Waals surface area contributed by atoms with Gasteiger partial charge in [-0.15, -0.1) is 0 Å². The number of carbonyl (C=O) groups excluding carboxylic acids is 1. The number of nitrogens with one attached hydrogen (secondary N) is 2. The molecule has 23 heavy (non-hydrogen) atoms. The van der Waals surface area contributed by atoms with Crippen molar-refractivity contribution in [1.29, 1.82) is 5.41 Å². The van der Waals surface area contributed by atoms with E-state index in [1.165, 1.54) is 0 Å². The zero-order chi connectivity index (χ0) is 16.4. The maximum atomic E-state index is 12.5. The molecule has 0 aliphatic heterocycles. The van der Waals surface area contributed by atoms with Crippen LogP contribution < -0.4 is 5.62 Å². The molecule has 116 valence electrons. The van der Waals surface area contributed by atoms with Crippen molar-refractivity contribution in [2.75, 3.05) is 0 Å². The first-order valence-corrected chi connectivity index (χ1v) is 8.07. The Balaban J connectivity index is 2.02. The summed E-state index contributed by atoms with van der Waals surface area (Å²) >= 11 is 3.36. The number of nitrogens with zero attached hydrogens (tertiary/aromatic N) is 1. The molecule has 0 saturated carbocycles. The Labute approximate surface area is 142 Å². The standard InChI is InChI=1S/C18H16BrN3O/c1-2-4-13-5-3-6-15-17(13)21-18(20)22(15)11-16(23)12-7-9-14(19)10-8-12/h2-10H,11H2,1H3,(H2,20,21)/b4-2+. The minimum Gasteiger partial charge on any atom is -0.324 e. The zero-order valence-electron chi connectivity index (χ0n) is 12.6. The Bertz CT molecular complexity index is 949. The molecule has 0 radical (unpaired) electrons. The van der Waals surface area contributed by atoms with E-state index in [9.17, 15) is 4.79 Å². The Hall–Kier alpha value is -2.40. The molecule has 0 aliphatic rings. The predicted octanol–water partition coefficient (Wildman–Crippen LogP) is 4.13. The first-order valence-electron chi connectivity index (χ1n) is 7.27. The minimum absolute atomic E-state index is 0.0201. The number of halogens is 1. The molecule has 0 amide bonds. The lowest BCUT2D eigenvalue weighted by Gasteiger charge is -2.05. The van der Waals surface area contributed by atoms with E-state index in [2.05, 4.69) is 20.9 Å². The van der Waals surface area contributed by atoms with Crippen LogP contribution in [0.15, 0.2) is 53.0 Å².